The molecule has 0 saturated carbocycles. The summed E-state index contributed by atoms with van der Waals surface area (Å²) >= 11 is 0. The molecule has 1 aromatic heterocycles. The maximum atomic E-state index is 11.8. The number of anilines is 1. The van der Waals surface area contributed by atoms with E-state index >= 15 is 0 Å². The van der Waals surface area contributed by atoms with Gasteiger partial charge in [-0.1, -0.05) is 0 Å². The summed E-state index contributed by atoms with van der Waals surface area (Å²) < 4.78 is 23.7. The van der Waals surface area contributed by atoms with Crippen LogP contribution >= 0.6 is 0 Å². The summed E-state index contributed by atoms with van der Waals surface area (Å²) in [6.07, 6.45) is 6.06. The van der Waals surface area contributed by atoms with Crippen LogP contribution in [0.4, 0.5) is 5.82 Å². The first-order valence-electron chi connectivity index (χ1n) is 6.59. The highest BCUT2D eigenvalue weighted by Gasteiger charge is 2.23. The summed E-state index contributed by atoms with van der Waals surface area (Å²) in [6, 6.07) is 3.64. The van der Waals surface area contributed by atoms with Crippen molar-refractivity contribution >= 4 is 15.7 Å². The van der Waals surface area contributed by atoms with E-state index in [0.717, 1.165) is 32.4 Å². The SMILES string of the molecule is CN(c1ncccc1S(C)(=O)=O)C1CCCNCC1. The van der Waals surface area contributed by atoms with Crippen molar-refractivity contribution in [3.63, 3.8) is 0 Å². The molecule has 1 fully saturated rings. The lowest BCUT2D eigenvalue weighted by Gasteiger charge is -2.29. The van der Waals surface area contributed by atoms with Gasteiger partial charge in [0, 0.05) is 25.5 Å². The topological polar surface area (TPSA) is 62.3 Å². The monoisotopic (exact) mass is 283 g/mol. The number of pyridine rings is 1. The molecule has 1 N–H and O–H groups in total. The van der Waals surface area contributed by atoms with Crippen LogP contribution in [0.1, 0.15) is 19.3 Å². The molecule has 0 radical (unpaired) electrons. The van der Waals surface area contributed by atoms with Crippen LogP contribution in [0, 0.1) is 0 Å². The molecule has 5 nitrogen and oxygen atoms in total. The van der Waals surface area contributed by atoms with Gasteiger partial charge >= 0.3 is 0 Å². The van der Waals surface area contributed by atoms with Crippen LogP contribution in [0.3, 0.4) is 0 Å². The highest BCUT2D eigenvalue weighted by atomic mass is 32.2. The van der Waals surface area contributed by atoms with Crippen LogP contribution in [0.25, 0.3) is 0 Å². The number of aromatic nitrogens is 1. The maximum Gasteiger partial charge on any atom is 0.179 e. The predicted octanol–water partition coefficient (Wildman–Crippen LogP) is 1.06. The number of rotatable bonds is 3. The summed E-state index contributed by atoms with van der Waals surface area (Å²) in [5.41, 5.74) is 0. The molecule has 0 spiro atoms. The van der Waals surface area contributed by atoms with Gasteiger partial charge < -0.3 is 10.2 Å². The van der Waals surface area contributed by atoms with E-state index in [0.29, 0.717) is 16.8 Å². The second-order valence-electron chi connectivity index (χ2n) is 5.04. The minimum absolute atomic E-state index is 0.315. The van der Waals surface area contributed by atoms with Gasteiger partial charge in [0.1, 0.15) is 10.7 Å². The maximum absolute atomic E-state index is 11.8. The summed E-state index contributed by atoms with van der Waals surface area (Å²) in [6.45, 7) is 2.00. The Hall–Kier alpha value is -1.14. The van der Waals surface area contributed by atoms with Crippen LogP contribution in [0.5, 0.6) is 0 Å². The summed E-state index contributed by atoms with van der Waals surface area (Å²) in [5.74, 6) is 0.567. The van der Waals surface area contributed by atoms with Crippen molar-refractivity contribution in [1.82, 2.24) is 10.3 Å². The molecule has 1 saturated heterocycles. The lowest BCUT2D eigenvalue weighted by molar-refractivity contribution is 0.557. The van der Waals surface area contributed by atoms with E-state index in [1.807, 2.05) is 11.9 Å². The van der Waals surface area contributed by atoms with Gasteiger partial charge in [-0.05, 0) is 44.5 Å². The molecule has 1 aliphatic heterocycles. The average molecular weight is 283 g/mol. The van der Waals surface area contributed by atoms with Crippen molar-refractivity contribution in [2.24, 2.45) is 0 Å². The van der Waals surface area contributed by atoms with Crippen molar-refractivity contribution in [2.45, 2.75) is 30.2 Å². The first kappa shape index (κ1) is 14.3. The van der Waals surface area contributed by atoms with Gasteiger partial charge in [-0.3, -0.25) is 0 Å². The number of nitrogens with zero attached hydrogens (tertiary/aromatic N) is 2. The van der Waals surface area contributed by atoms with Gasteiger partial charge in [0.15, 0.2) is 9.84 Å². The Labute approximate surface area is 114 Å². The van der Waals surface area contributed by atoms with Gasteiger partial charge in [0.05, 0.1) is 0 Å². The van der Waals surface area contributed by atoms with Crippen molar-refractivity contribution in [3.8, 4) is 0 Å². The minimum atomic E-state index is -3.25. The molecular weight excluding hydrogens is 262 g/mol. The average Bonchev–Trinajstić information content (AvgIpc) is 2.66. The van der Waals surface area contributed by atoms with Gasteiger partial charge in [-0.15, -0.1) is 0 Å². The Bertz CT molecular complexity index is 522. The van der Waals surface area contributed by atoms with Crippen LogP contribution in [-0.4, -0.2) is 45.8 Å². The molecule has 0 aromatic carbocycles. The molecule has 1 atom stereocenters. The summed E-state index contributed by atoms with van der Waals surface area (Å²) in [7, 11) is -1.31. The van der Waals surface area contributed by atoms with Crippen LogP contribution < -0.4 is 10.2 Å². The molecule has 19 heavy (non-hydrogen) atoms. The van der Waals surface area contributed by atoms with E-state index in [1.165, 1.54) is 6.26 Å². The van der Waals surface area contributed by atoms with Crippen LogP contribution in [0.15, 0.2) is 23.2 Å². The Kier molecular flexibility index (Phi) is 4.42. The third-order valence-electron chi connectivity index (χ3n) is 3.58. The molecule has 0 amide bonds. The van der Waals surface area contributed by atoms with Gasteiger partial charge in [0.25, 0.3) is 0 Å². The van der Waals surface area contributed by atoms with Gasteiger partial charge in [-0.2, -0.15) is 0 Å². The largest absolute Gasteiger partial charge is 0.356 e. The van der Waals surface area contributed by atoms with Crippen molar-refractivity contribution in [3.05, 3.63) is 18.3 Å². The van der Waals surface area contributed by atoms with Crippen LogP contribution in [0.2, 0.25) is 0 Å². The lowest BCUT2D eigenvalue weighted by Crippen LogP contribution is -2.34. The molecule has 106 valence electrons. The van der Waals surface area contributed by atoms with Crippen LogP contribution in [-0.2, 0) is 9.84 Å². The van der Waals surface area contributed by atoms with E-state index in [2.05, 4.69) is 10.3 Å². The first-order valence-corrected chi connectivity index (χ1v) is 8.48. The van der Waals surface area contributed by atoms with Crippen molar-refractivity contribution in [2.75, 3.05) is 31.3 Å². The summed E-state index contributed by atoms with van der Waals surface area (Å²) in [5, 5.41) is 3.36. The van der Waals surface area contributed by atoms with Crippen molar-refractivity contribution in [1.29, 1.82) is 0 Å². The zero-order chi connectivity index (χ0) is 13.9. The molecule has 0 bridgehead atoms. The fourth-order valence-electron chi connectivity index (χ4n) is 2.50. The highest BCUT2D eigenvalue weighted by molar-refractivity contribution is 7.90. The molecule has 2 rings (SSSR count). The van der Waals surface area contributed by atoms with Gasteiger partial charge in [0.2, 0.25) is 0 Å². The fraction of sp³-hybridized carbons (Fsp3) is 0.615. The molecular formula is C13H21N3O2S. The number of hydrogen-bond donors (Lipinski definition) is 1. The quantitative estimate of drug-likeness (QED) is 0.899. The Morgan fingerprint density at radius 3 is 2.89 bits per heavy atom. The Morgan fingerprint density at radius 2 is 2.16 bits per heavy atom. The highest BCUT2D eigenvalue weighted by Crippen LogP contribution is 2.25. The summed E-state index contributed by atoms with van der Waals surface area (Å²) in [4.78, 5) is 6.61. The number of sulfone groups is 1. The van der Waals surface area contributed by atoms with E-state index < -0.39 is 9.84 Å². The van der Waals surface area contributed by atoms with E-state index in [9.17, 15) is 8.42 Å². The second kappa shape index (κ2) is 5.88. The molecule has 2 heterocycles. The number of hydrogen-bond acceptors (Lipinski definition) is 5. The molecule has 6 heteroatoms. The molecule has 1 unspecified atom stereocenters. The molecule has 1 aromatic rings. The third-order valence-corrected chi connectivity index (χ3v) is 4.69. The first-order chi connectivity index (χ1) is 9.00. The second-order valence-corrected chi connectivity index (χ2v) is 7.03. The smallest absolute Gasteiger partial charge is 0.179 e. The zero-order valence-electron chi connectivity index (χ0n) is 11.5. The van der Waals surface area contributed by atoms with E-state index in [1.54, 1.807) is 18.3 Å². The Morgan fingerprint density at radius 1 is 1.37 bits per heavy atom. The standard InChI is InChI=1S/C13H21N3O2S/c1-16(11-5-3-8-14-10-7-11)13-12(19(2,17)18)6-4-9-15-13/h4,6,9,11,14H,3,5,7-8,10H2,1-2H3. The van der Waals surface area contributed by atoms with E-state index in [4.69, 9.17) is 0 Å². The van der Waals surface area contributed by atoms with Crippen molar-refractivity contribution < 1.29 is 8.42 Å². The van der Waals surface area contributed by atoms with E-state index in [-0.39, 0.29) is 0 Å². The zero-order valence-corrected chi connectivity index (χ0v) is 12.3. The minimum Gasteiger partial charge on any atom is -0.356 e. The lowest BCUT2D eigenvalue weighted by atomic mass is 10.1. The molecule has 1 aliphatic rings. The van der Waals surface area contributed by atoms with Gasteiger partial charge in [-0.25, -0.2) is 13.4 Å². The molecule has 0 aliphatic carbocycles. The predicted molar refractivity (Wildman–Crippen MR) is 76.3 cm³/mol. The normalized spacial score (nSPS) is 20.8. The third kappa shape index (κ3) is 3.45. The fourth-order valence-corrected chi connectivity index (χ4v) is 3.35. The Balaban J connectivity index is 2.30. The number of nitrogens with one attached hydrogen (secondary N) is 1.